The van der Waals surface area contributed by atoms with Crippen molar-refractivity contribution in [1.29, 1.82) is 0 Å². The molecule has 1 rings (SSSR count). The summed E-state index contributed by atoms with van der Waals surface area (Å²) in [5.41, 5.74) is -0.0463. The van der Waals surface area contributed by atoms with Crippen LogP contribution in [0.2, 0.25) is 0 Å². The van der Waals surface area contributed by atoms with Crippen LogP contribution in [0.1, 0.15) is 19.4 Å². The summed E-state index contributed by atoms with van der Waals surface area (Å²) >= 11 is 0. The fraction of sp³-hybridized carbons (Fsp3) is 0.308. The minimum atomic E-state index is -0.676. The molecule has 84 valence electrons. The van der Waals surface area contributed by atoms with Crippen molar-refractivity contribution in [3.05, 3.63) is 35.6 Å². The molecule has 0 unspecified atom stereocenters. The Hall–Kier alpha value is -1.82. The fourth-order valence-corrected chi connectivity index (χ4v) is 1.26. The maximum absolute atomic E-state index is 12.9. The van der Waals surface area contributed by atoms with E-state index in [1.807, 2.05) is 0 Å². The lowest BCUT2D eigenvalue weighted by molar-refractivity contribution is -0.121. The van der Waals surface area contributed by atoms with Crippen LogP contribution >= 0.6 is 0 Å². The van der Waals surface area contributed by atoms with Gasteiger partial charge in [0.15, 0.2) is 0 Å². The second kappa shape index (κ2) is 4.80. The lowest BCUT2D eigenvalue weighted by Gasteiger charge is -2.19. The number of hydrogen-bond donors (Lipinski definition) is 1. The van der Waals surface area contributed by atoms with Crippen LogP contribution in [0.5, 0.6) is 0 Å². The van der Waals surface area contributed by atoms with Crippen molar-refractivity contribution in [3.8, 4) is 12.3 Å². The highest BCUT2D eigenvalue weighted by molar-refractivity contribution is 5.79. The maximum Gasteiger partial charge on any atom is 0.225 e. The van der Waals surface area contributed by atoms with Crippen molar-refractivity contribution in [2.24, 2.45) is 0 Å². The minimum absolute atomic E-state index is 0.128. The van der Waals surface area contributed by atoms with Gasteiger partial charge in [-0.2, -0.15) is 0 Å². The zero-order valence-electron chi connectivity index (χ0n) is 9.38. The minimum Gasteiger partial charge on any atom is -0.340 e. The number of amides is 1. The average Bonchev–Trinajstić information content (AvgIpc) is 2.16. The average molecular weight is 219 g/mol. The standard InChI is InChI=1S/C13H14FNO/c1-4-13(2,3)15-12(16)9-10-6-5-7-11(14)8-10/h1,5-8H,9H2,2-3H3,(H,15,16). The molecular formula is C13H14FNO. The zero-order chi connectivity index (χ0) is 12.2. The molecule has 0 aliphatic rings. The summed E-state index contributed by atoms with van der Waals surface area (Å²) < 4.78 is 12.9. The number of hydrogen-bond acceptors (Lipinski definition) is 1. The van der Waals surface area contributed by atoms with E-state index in [-0.39, 0.29) is 18.1 Å². The molecule has 0 aromatic heterocycles. The summed E-state index contributed by atoms with van der Waals surface area (Å²) in [6.45, 7) is 3.47. The Morgan fingerprint density at radius 1 is 1.56 bits per heavy atom. The molecule has 0 aliphatic heterocycles. The predicted molar refractivity (Wildman–Crippen MR) is 61.2 cm³/mol. The van der Waals surface area contributed by atoms with Gasteiger partial charge in [0.05, 0.1) is 12.0 Å². The van der Waals surface area contributed by atoms with E-state index in [1.165, 1.54) is 12.1 Å². The summed E-state index contributed by atoms with van der Waals surface area (Å²) in [6, 6.07) is 5.95. The normalized spacial score (nSPS) is 10.6. The monoisotopic (exact) mass is 219 g/mol. The molecule has 1 aromatic carbocycles. The van der Waals surface area contributed by atoms with E-state index in [0.717, 1.165) is 0 Å². The van der Waals surface area contributed by atoms with Gasteiger partial charge in [0.25, 0.3) is 0 Å². The van der Waals surface area contributed by atoms with Gasteiger partial charge in [0.2, 0.25) is 5.91 Å². The Bertz CT molecular complexity index is 432. The molecule has 2 nitrogen and oxygen atoms in total. The molecule has 0 heterocycles. The summed E-state index contributed by atoms with van der Waals surface area (Å²) in [6.07, 6.45) is 5.38. The largest absolute Gasteiger partial charge is 0.340 e. The van der Waals surface area contributed by atoms with Crippen LogP contribution in [0.15, 0.2) is 24.3 Å². The summed E-state index contributed by atoms with van der Waals surface area (Å²) in [5, 5.41) is 2.68. The van der Waals surface area contributed by atoms with Gasteiger partial charge in [0.1, 0.15) is 5.82 Å². The van der Waals surface area contributed by atoms with Crippen molar-refractivity contribution < 1.29 is 9.18 Å². The third kappa shape index (κ3) is 3.74. The number of carbonyl (C=O) groups is 1. The first kappa shape index (κ1) is 12.3. The Labute approximate surface area is 94.9 Å². The van der Waals surface area contributed by atoms with Crippen LogP contribution in [0.4, 0.5) is 4.39 Å². The Morgan fingerprint density at radius 3 is 2.81 bits per heavy atom. The van der Waals surface area contributed by atoms with Gasteiger partial charge in [-0.05, 0) is 31.5 Å². The highest BCUT2D eigenvalue weighted by atomic mass is 19.1. The smallest absolute Gasteiger partial charge is 0.225 e. The SMILES string of the molecule is C#CC(C)(C)NC(=O)Cc1cccc(F)c1. The zero-order valence-corrected chi connectivity index (χ0v) is 9.38. The first-order valence-electron chi connectivity index (χ1n) is 4.96. The maximum atomic E-state index is 12.9. The van der Waals surface area contributed by atoms with Crippen LogP contribution in [0.25, 0.3) is 0 Å². The molecule has 16 heavy (non-hydrogen) atoms. The molecule has 0 radical (unpaired) electrons. The van der Waals surface area contributed by atoms with Gasteiger partial charge < -0.3 is 5.32 Å². The molecule has 0 spiro atoms. The van der Waals surface area contributed by atoms with E-state index in [2.05, 4.69) is 11.2 Å². The second-order valence-corrected chi connectivity index (χ2v) is 4.12. The highest BCUT2D eigenvalue weighted by Crippen LogP contribution is 2.06. The predicted octanol–water partition coefficient (Wildman–Crippen LogP) is 1.90. The quantitative estimate of drug-likeness (QED) is 0.773. The number of nitrogens with one attached hydrogen (secondary N) is 1. The van der Waals surface area contributed by atoms with E-state index in [1.54, 1.807) is 26.0 Å². The molecule has 0 fully saturated rings. The second-order valence-electron chi connectivity index (χ2n) is 4.12. The van der Waals surface area contributed by atoms with Crippen LogP contribution in [-0.2, 0) is 11.2 Å². The van der Waals surface area contributed by atoms with E-state index in [0.29, 0.717) is 5.56 Å². The Kier molecular flexibility index (Phi) is 3.68. The third-order valence-corrected chi connectivity index (χ3v) is 2.07. The number of halogens is 1. The molecule has 0 saturated heterocycles. The summed E-state index contributed by atoms with van der Waals surface area (Å²) in [7, 11) is 0. The molecule has 1 amide bonds. The molecule has 3 heteroatoms. The van der Waals surface area contributed by atoms with E-state index < -0.39 is 5.54 Å². The molecule has 0 atom stereocenters. The van der Waals surface area contributed by atoms with Crippen LogP contribution in [0.3, 0.4) is 0 Å². The van der Waals surface area contributed by atoms with Crippen molar-refractivity contribution in [1.82, 2.24) is 5.32 Å². The molecule has 0 aliphatic carbocycles. The lowest BCUT2D eigenvalue weighted by atomic mass is 10.1. The lowest BCUT2D eigenvalue weighted by Crippen LogP contribution is -2.42. The number of benzene rings is 1. The first-order valence-corrected chi connectivity index (χ1v) is 4.96. The third-order valence-electron chi connectivity index (χ3n) is 2.07. The van der Waals surface area contributed by atoms with Gasteiger partial charge in [-0.15, -0.1) is 6.42 Å². The van der Waals surface area contributed by atoms with Gasteiger partial charge >= 0.3 is 0 Å². The van der Waals surface area contributed by atoms with Crippen molar-refractivity contribution in [2.75, 3.05) is 0 Å². The Balaban J connectivity index is 2.63. The van der Waals surface area contributed by atoms with Gasteiger partial charge in [-0.1, -0.05) is 18.1 Å². The molecule has 0 bridgehead atoms. The first-order chi connectivity index (χ1) is 7.43. The van der Waals surface area contributed by atoms with E-state index >= 15 is 0 Å². The topological polar surface area (TPSA) is 29.1 Å². The molecule has 1 N–H and O–H groups in total. The van der Waals surface area contributed by atoms with Gasteiger partial charge in [-0.3, -0.25) is 4.79 Å². The molecule has 1 aromatic rings. The van der Waals surface area contributed by atoms with Crippen molar-refractivity contribution >= 4 is 5.91 Å². The van der Waals surface area contributed by atoms with Crippen LogP contribution in [-0.4, -0.2) is 11.4 Å². The van der Waals surface area contributed by atoms with Crippen molar-refractivity contribution in [2.45, 2.75) is 25.8 Å². The Morgan fingerprint density at radius 2 is 2.25 bits per heavy atom. The van der Waals surface area contributed by atoms with Gasteiger partial charge in [0, 0.05) is 0 Å². The summed E-state index contributed by atoms with van der Waals surface area (Å²) in [4.78, 5) is 11.6. The number of carbonyl (C=O) groups excluding carboxylic acids is 1. The van der Waals surface area contributed by atoms with Crippen LogP contribution < -0.4 is 5.32 Å². The van der Waals surface area contributed by atoms with E-state index in [9.17, 15) is 9.18 Å². The number of terminal acetylenes is 1. The fourth-order valence-electron chi connectivity index (χ4n) is 1.26. The van der Waals surface area contributed by atoms with Crippen LogP contribution in [0, 0.1) is 18.2 Å². The van der Waals surface area contributed by atoms with Gasteiger partial charge in [-0.25, -0.2) is 4.39 Å². The highest BCUT2D eigenvalue weighted by Gasteiger charge is 2.16. The van der Waals surface area contributed by atoms with Crippen molar-refractivity contribution in [3.63, 3.8) is 0 Å². The molecular weight excluding hydrogens is 205 g/mol. The molecule has 0 saturated carbocycles. The summed E-state index contributed by atoms with van der Waals surface area (Å²) in [5.74, 6) is 1.90. The number of rotatable bonds is 3. The van der Waals surface area contributed by atoms with E-state index in [4.69, 9.17) is 6.42 Å².